The fourth-order valence-electron chi connectivity index (χ4n) is 2.73. The Balaban J connectivity index is 2.39. The third kappa shape index (κ3) is 7.21. The minimum Gasteiger partial charge on any atom is -0.444 e. The molecule has 1 amide bonds. The molecule has 2 aromatic rings. The van der Waals surface area contributed by atoms with Gasteiger partial charge in [-0.1, -0.05) is 51.1 Å². The molecule has 0 spiro atoms. The first kappa shape index (κ1) is 24.6. The molecule has 0 bridgehead atoms. The van der Waals surface area contributed by atoms with Crippen LogP contribution in [0.1, 0.15) is 58.2 Å². The van der Waals surface area contributed by atoms with Crippen LogP contribution in [-0.4, -0.2) is 31.0 Å². The van der Waals surface area contributed by atoms with Gasteiger partial charge in [0.25, 0.3) is 0 Å². The van der Waals surface area contributed by atoms with Crippen molar-refractivity contribution in [3.8, 4) is 0 Å². The van der Waals surface area contributed by atoms with E-state index < -0.39 is 20.0 Å². The van der Waals surface area contributed by atoms with Crippen molar-refractivity contribution >= 4 is 25.7 Å². The van der Waals surface area contributed by atoms with E-state index in [0.29, 0.717) is 6.42 Å². The Bertz CT molecular complexity index is 796. The molecule has 0 saturated carbocycles. The molecule has 0 fully saturated rings. The first-order valence-electron chi connectivity index (χ1n) is 10.4. The SMILES string of the molecule is CC(C)(C)OC(=O)N[C@@H](Cc1ccccc1)[C@@H](O[Si](C)(C)C(C)(C)C)c1nccs1. The highest BCUT2D eigenvalue weighted by Gasteiger charge is 2.42. The molecule has 1 aromatic heterocycles. The van der Waals surface area contributed by atoms with E-state index >= 15 is 0 Å². The van der Waals surface area contributed by atoms with Crippen molar-refractivity contribution in [2.45, 2.75) is 83.8 Å². The molecule has 0 aliphatic rings. The van der Waals surface area contributed by atoms with Crippen molar-refractivity contribution in [3.63, 3.8) is 0 Å². The van der Waals surface area contributed by atoms with Gasteiger partial charge in [-0.25, -0.2) is 9.78 Å². The molecule has 0 radical (unpaired) electrons. The van der Waals surface area contributed by atoms with E-state index in [-0.39, 0.29) is 17.2 Å². The van der Waals surface area contributed by atoms with Crippen molar-refractivity contribution < 1.29 is 14.0 Å². The lowest BCUT2D eigenvalue weighted by Gasteiger charge is -2.41. The molecule has 166 valence electrons. The molecular formula is C23H36N2O3SSi. The number of benzene rings is 1. The quantitative estimate of drug-likeness (QED) is 0.502. The molecule has 1 aromatic carbocycles. The first-order chi connectivity index (χ1) is 13.8. The predicted octanol–water partition coefficient (Wildman–Crippen LogP) is 6.34. The van der Waals surface area contributed by atoms with Crippen LogP contribution in [0.5, 0.6) is 0 Å². The Morgan fingerprint density at radius 2 is 1.77 bits per heavy atom. The maximum atomic E-state index is 12.7. The van der Waals surface area contributed by atoms with Crippen LogP contribution < -0.4 is 5.32 Å². The number of nitrogens with one attached hydrogen (secondary N) is 1. The molecule has 1 N–H and O–H groups in total. The van der Waals surface area contributed by atoms with E-state index in [0.717, 1.165) is 10.6 Å². The highest BCUT2D eigenvalue weighted by Crippen LogP contribution is 2.41. The number of alkyl carbamates (subject to hydrolysis) is 1. The van der Waals surface area contributed by atoms with Crippen LogP contribution in [0.4, 0.5) is 4.79 Å². The van der Waals surface area contributed by atoms with Gasteiger partial charge < -0.3 is 14.5 Å². The number of ether oxygens (including phenoxy) is 1. The summed E-state index contributed by atoms with van der Waals surface area (Å²) in [5.74, 6) is 0. The van der Waals surface area contributed by atoms with E-state index in [9.17, 15) is 4.79 Å². The number of carbonyl (C=O) groups excluding carboxylic acids is 1. The van der Waals surface area contributed by atoms with Gasteiger partial charge in [0.15, 0.2) is 8.32 Å². The molecule has 0 aliphatic carbocycles. The molecule has 0 aliphatic heterocycles. The molecule has 0 unspecified atom stereocenters. The monoisotopic (exact) mass is 448 g/mol. The van der Waals surface area contributed by atoms with Crippen LogP contribution >= 0.6 is 11.3 Å². The first-order valence-corrected chi connectivity index (χ1v) is 14.2. The third-order valence-corrected chi connectivity index (χ3v) is 10.6. The van der Waals surface area contributed by atoms with Gasteiger partial charge in [0.05, 0.1) is 6.04 Å². The second kappa shape index (κ2) is 9.62. The van der Waals surface area contributed by atoms with Crippen LogP contribution in [-0.2, 0) is 15.6 Å². The second-order valence-electron chi connectivity index (χ2n) is 10.1. The fourth-order valence-corrected chi connectivity index (χ4v) is 4.81. The van der Waals surface area contributed by atoms with E-state index in [1.807, 2.05) is 44.4 Å². The molecular weight excluding hydrogens is 412 g/mol. The van der Waals surface area contributed by atoms with E-state index in [1.54, 1.807) is 17.5 Å². The highest BCUT2D eigenvalue weighted by molar-refractivity contribution is 7.09. The van der Waals surface area contributed by atoms with Gasteiger partial charge in [-0.3, -0.25) is 0 Å². The summed E-state index contributed by atoms with van der Waals surface area (Å²) in [6, 6.07) is 9.83. The minimum atomic E-state index is -2.13. The van der Waals surface area contributed by atoms with Crippen LogP contribution in [0.25, 0.3) is 0 Å². The minimum absolute atomic E-state index is 0.0335. The summed E-state index contributed by atoms with van der Waals surface area (Å²) in [5, 5.41) is 5.94. The number of nitrogens with zero attached hydrogens (tertiary/aromatic N) is 1. The number of rotatable bonds is 7. The summed E-state index contributed by atoms with van der Waals surface area (Å²) in [5.41, 5.74) is 0.553. The molecule has 0 saturated heterocycles. The predicted molar refractivity (Wildman–Crippen MR) is 126 cm³/mol. The van der Waals surface area contributed by atoms with Crippen LogP contribution in [0.15, 0.2) is 41.9 Å². The molecule has 5 nitrogen and oxygen atoms in total. The number of thiazole rings is 1. The number of hydrogen-bond donors (Lipinski definition) is 1. The Hall–Kier alpha value is -1.70. The van der Waals surface area contributed by atoms with Gasteiger partial charge in [-0.2, -0.15) is 0 Å². The summed E-state index contributed by atoms with van der Waals surface area (Å²) < 4.78 is 12.4. The Labute approximate surface area is 186 Å². The fraction of sp³-hybridized carbons (Fsp3) is 0.565. The molecule has 7 heteroatoms. The van der Waals surface area contributed by atoms with Crippen LogP contribution in [0.2, 0.25) is 18.1 Å². The largest absolute Gasteiger partial charge is 0.444 e. The molecule has 2 rings (SSSR count). The third-order valence-electron chi connectivity index (χ3n) is 5.29. The van der Waals surface area contributed by atoms with Crippen molar-refractivity contribution in [1.29, 1.82) is 0 Å². The topological polar surface area (TPSA) is 60.5 Å². The van der Waals surface area contributed by atoms with Gasteiger partial charge in [-0.15, -0.1) is 11.3 Å². The number of amides is 1. The van der Waals surface area contributed by atoms with Crippen LogP contribution in [0, 0.1) is 0 Å². The van der Waals surface area contributed by atoms with Crippen molar-refractivity contribution in [1.82, 2.24) is 10.3 Å². The zero-order chi connectivity index (χ0) is 22.6. The Kier molecular flexibility index (Phi) is 7.88. The number of aromatic nitrogens is 1. The summed E-state index contributed by atoms with van der Waals surface area (Å²) >= 11 is 1.56. The molecule has 30 heavy (non-hydrogen) atoms. The van der Waals surface area contributed by atoms with E-state index in [4.69, 9.17) is 9.16 Å². The number of hydrogen-bond acceptors (Lipinski definition) is 5. The van der Waals surface area contributed by atoms with Crippen molar-refractivity contribution in [2.24, 2.45) is 0 Å². The van der Waals surface area contributed by atoms with Gasteiger partial charge in [0, 0.05) is 11.6 Å². The zero-order valence-electron chi connectivity index (χ0n) is 19.5. The standard InChI is InChI=1S/C23H36N2O3SSi/c1-22(2,3)27-21(26)25-18(16-17-12-10-9-11-13-17)19(20-24-14-15-29-20)28-30(7,8)23(4,5)6/h9-15,18-19H,16H2,1-8H3,(H,25,26)/t18-,19+/m0/s1. The molecule has 2 atom stereocenters. The lowest BCUT2D eigenvalue weighted by molar-refractivity contribution is 0.0432. The maximum Gasteiger partial charge on any atom is 0.407 e. The zero-order valence-corrected chi connectivity index (χ0v) is 21.3. The van der Waals surface area contributed by atoms with Gasteiger partial charge in [0.2, 0.25) is 0 Å². The normalized spacial score (nSPS) is 14.8. The van der Waals surface area contributed by atoms with Gasteiger partial charge in [-0.05, 0) is 50.9 Å². The molecule has 1 heterocycles. The second-order valence-corrected chi connectivity index (χ2v) is 15.8. The van der Waals surface area contributed by atoms with E-state index in [2.05, 4.69) is 56.3 Å². The Morgan fingerprint density at radius 3 is 2.27 bits per heavy atom. The smallest absolute Gasteiger partial charge is 0.407 e. The Morgan fingerprint density at radius 1 is 1.13 bits per heavy atom. The lowest BCUT2D eigenvalue weighted by Crippen LogP contribution is -2.49. The van der Waals surface area contributed by atoms with E-state index in [1.165, 1.54) is 0 Å². The average Bonchev–Trinajstić information content (AvgIpc) is 3.11. The summed E-state index contributed by atoms with van der Waals surface area (Å²) in [7, 11) is -2.13. The van der Waals surface area contributed by atoms with Crippen molar-refractivity contribution in [2.75, 3.05) is 0 Å². The summed E-state index contributed by atoms with van der Waals surface area (Å²) in [6.45, 7) is 16.7. The summed E-state index contributed by atoms with van der Waals surface area (Å²) in [4.78, 5) is 17.3. The number of carbonyl (C=O) groups is 1. The van der Waals surface area contributed by atoms with Gasteiger partial charge in [0.1, 0.15) is 16.7 Å². The lowest BCUT2D eigenvalue weighted by atomic mass is 10.0. The maximum absolute atomic E-state index is 12.7. The highest BCUT2D eigenvalue weighted by atomic mass is 32.1. The average molecular weight is 449 g/mol. The van der Waals surface area contributed by atoms with Gasteiger partial charge >= 0.3 is 6.09 Å². The van der Waals surface area contributed by atoms with Crippen molar-refractivity contribution in [3.05, 3.63) is 52.5 Å². The summed E-state index contributed by atoms with van der Waals surface area (Å²) in [6.07, 6.45) is 1.62. The van der Waals surface area contributed by atoms with Crippen LogP contribution in [0.3, 0.4) is 0 Å².